The van der Waals surface area contributed by atoms with Gasteiger partial charge >= 0.3 is 0 Å². The second-order valence-corrected chi connectivity index (χ2v) is 10.1. The predicted octanol–water partition coefficient (Wildman–Crippen LogP) is 1.25. The Morgan fingerprint density at radius 1 is 1.22 bits per heavy atom. The monoisotopic (exact) mass is 482 g/mol. The average molecular weight is 483 g/mol. The molecular formula is C20H27ClN6O4S. The number of likely N-dealkylation sites (N-methyl/N-ethyl adjacent to an activating group) is 1. The molecule has 0 radical (unpaired) electrons. The van der Waals surface area contributed by atoms with E-state index in [9.17, 15) is 18.0 Å². The van der Waals surface area contributed by atoms with Crippen molar-refractivity contribution in [2.24, 2.45) is 0 Å². The van der Waals surface area contributed by atoms with Crippen LogP contribution in [0, 0.1) is 0 Å². The van der Waals surface area contributed by atoms with Gasteiger partial charge in [0.25, 0.3) is 5.91 Å². The van der Waals surface area contributed by atoms with Crippen LogP contribution in [0.3, 0.4) is 0 Å². The van der Waals surface area contributed by atoms with E-state index in [-0.39, 0.29) is 27.9 Å². The molecule has 0 unspecified atom stereocenters. The van der Waals surface area contributed by atoms with Crippen molar-refractivity contribution in [2.75, 3.05) is 45.6 Å². The van der Waals surface area contributed by atoms with Gasteiger partial charge in [-0.15, -0.1) is 0 Å². The van der Waals surface area contributed by atoms with Gasteiger partial charge < -0.3 is 15.5 Å². The zero-order valence-electron chi connectivity index (χ0n) is 18.0. The maximum absolute atomic E-state index is 12.8. The number of aromatic nitrogens is 2. The maximum Gasteiger partial charge on any atom is 0.257 e. The Hall–Kier alpha value is -2.47. The van der Waals surface area contributed by atoms with E-state index in [1.165, 1.54) is 39.6 Å². The average Bonchev–Trinajstić information content (AvgIpc) is 3.40. The van der Waals surface area contributed by atoms with Crippen molar-refractivity contribution in [3.05, 3.63) is 41.2 Å². The van der Waals surface area contributed by atoms with E-state index in [0.717, 1.165) is 19.4 Å². The van der Waals surface area contributed by atoms with Crippen LogP contribution in [0.4, 0.5) is 5.69 Å². The molecule has 0 saturated carbocycles. The fraction of sp³-hybridized carbons (Fsp3) is 0.450. The SMILES string of the molecule is CN(C)CCNC(=O)Cn1cc(NC(=O)c2cc(S(=O)(=O)N3CCCC3)ccc2Cl)cn1. The Kier molecular flexibility index (Phi) is 7.88. The normalized spacial score (nSPS) is 14.6. The minimum absolute atomic E-state index is 0.00756. The molecule has 10 nitrogen and oxygen atoms in total. The number of rotatable bonds is 9. The Labute approximate surface area is 192 Å². The number of halogens is 1. The number of nitrogens with zero attached hydrogens (tertiary/aromatic N) is 4. The molecule has 0 bridgehead atoms. The largest absolute Gasteiger partial charge is 0.353 e. The van der Waals surface area contributed by atoms with Crippen molar-refractivity contribution in [1.29, 1.82) is 0 Å². The van der Waals surface area contributed by atoms with Crippen LogP contribution < -0.4 is 10.6 Å². The molecule has 1 aromatic heterocycles. The van der Waals surface area contributed by atoms with Crippen molar-refractivity contribution >= 4 is 39.1 Å². The number of hydrogen-bond donors (Lipinski definition) is 2. The van der Waals surface area contributed by atoms with Crippen LogP contribution in [0.2, 0.25) is 5.02 Å². The summed E-state index contributed by atoms with van der Waals surface area (Å²) in [7, 11) is 0.154. The van der Waals surface area contributed by atoms with Crippen molar-refractivity contribution in [3.8, 4) is 0 Å². The number of carbonyl (C=O) groups excluding carboxylic acids is 2. The number of hydrogen-bond acceptors (Lipinski definition) is 6. The lowest BCUT2D eigenvalue weighted by Crippen LogP contribution is -2.33. The molecule has 1 aliphatic heterocycles. The molecule has 1 saturated heterocycles. The number of anilines is 1. The second kappa shape index (κ2) is 10.4. The third kappa shape index (κ3) is 6.06. The Balaban J connectivity index is 1.65. The number of sulfonamides is 1. The van der Waals surface area contributed by atoms with Crippen molar-refractivity contribution < 1.29 is 18.0 Å². The summed E-state index contributed by atoms with van der Waals surface area (Å²) < 4.78 is 28.4. The number of nitrogens with one attached hydrogen (secondary N) is 2. The Bertz CT molecular complexity index is 1080. The lowest BCUT2D eigenvalue weighted by Gasteiger charge is -2.16. The van der Waals surface area contributed by atoms with Crippen LogP contribution in [0.25, 0.3) is 0 Å². The molecule has 0 atom stereocenters. The smallest absolute Gasteiger partial charge is 0.257 e. The Morgan fingerprint density at radius 2 is 1.94 bits per heavy atom. The topological polar surface area (TPSA) is 117 Å². The highest BCUT2D eigenvalue weighted by atomic mass is 35.5. The molecule has 2 heterocycles. The summed E-state index contributed by atoms with van der Waals surface area (Å²) >= 11 is 6.17. The first kappa shape index (κ1) is 24.2. The van der Waals surface area contributed by atoms with Gasteiger partial charge in [-0.1, -0.05) is 11.6 Å². The fourth-order valence-electron chi connectivity index (χ4n) is 3.25. The summed E-state index contributed by atoms with van der Waals surface area (Å²) in [4.78, 5) is 26.7. The highest BCUT2D eigenvalue weighted by Crippen LogP contribution is 2.26. The van der Waals surface area contributed by atoms with Gasteiger partial charge in [-0.2, -0.15) is 9.40 Å². The zero-order valence-corrected chi connectivity index (χ0v) is 19.6. The van der Waals surface area contributed by atoms with Gasteiger partial charge in [0.2, 0.25) is 15.9 Å². The minimum atomic E-state index is -3.68. The van der Waals surface area contributed by atoms with Crippen LogP contribution in [-0.2, 0) is 21.4 Å². The third-order valence-electron chi connectivity index (χ3n) is 4.96. The van der Waals surface area contributed by atoms with Crippen LogP contribution in [0.1, 0.15) is 23.2 Å². The van der Waals surface area contributed by atoms with Crippen molar-refractivity contribution in [2.45, 2.75) is 24.3 Å². The van der Waals surface area contributed by atoms with Gasteiger partial charge in [-0.3, -0.25) is 14.3 Å². The lowest BCUT2D eigenvalue weighted by molar-refractivity contribution is -0.121. The standard InChI is InChI=1S/C20H27ClN6O4S/c1-25(2)10-7-22-19(28)14-26-13-15(12-23-26)24-20(29)17-11-16(5-6-18(17)21)32(30,31)27-8-3-4-9-27/h5-6,11-13H,3-4,7-10,14H2,1-2H3,(H,22,28)(H,24,29). The van der Waals surface area contributed by atoms with Crippen LogP contribution in [-0.4, -0.2) is 79.5 Å². The molecule has 12 heteroatoms. The number of amides is 2. The predicted molar refractivity (Wildman–Crippen MR) is 121 cm³/mol. The van der Waals surface area contributed by atoms with Crippen molar-refractivity contribution in [1.82, 2.24) is 24.3 Å². The van der Waals surface area contributed by atoms with Crippen LogP contribution in [0.5, 0.6) is 0 Å². The van der Waals surface area contributed by atoms with E-state index < -0.39 is 15.9 Å². The molecule has 1 aromatic carbocycles. The molecule has 2 N–H and O–H groups in total. The summed E-state index contributed by atoms with van der Waals surface area (Å²) in [5.74, 6) is -0.765. The minimum Gasteiger partial charge on any atom is -0.353 e. The van der Waals surface area contributed by atoms with E-state index in [2.05, 4.69) is 15.7 Å². The summed E-state index contributed by atoms with van der Waals surface area (Å²) in [5.41, 5.74) is 0.404. The van der Waals surface area contributed by atoms with E-state index in [0.29, 0.717) is 25.3 Å². The van der Waals surface area contributed by atoms with Crippen LogP contribution >= 0.6 is 11.6 Å². The molecule has 0 aliphatic carbocycles. The highest BCUT2D eigenvalue weighted by molar-refractivity contribution is 7.89. The van der Waals surface area contributed by atoms with Gasteiger partial charge in [0.05, 0.1) is 27.4 Å². The molecule has 2 amide bonds. The second-order valence-electron chi connectivity index (χ2n) is 7.79. The first-order valence-electron chi connectivity index (χ1n) is 10.2. The molecule has 32 heavy (non-hydrogen) atoms. The van der Waals surface area contributed by atoms with Gasteiger partial charge in [0, 0.05) is 32.4 Å². The molecule has 174 valence electrons. The zero-order chi connectivity index (χ0) is 23.3. The first-order chi connectivity index (χ1) is 15.2. The highest BCUT2D eigenvalue weighted by Gasteiger charge is 2.28. The first-order valence-corrected chi connectivity index (χ1v) is 12.0. The fourth-order valence-corrected chi connectivity index (χ4v) is 5.00. The van der Waals surface area contributed by atoms with E-state index in [1.807, 2.05) is 19.0 Å². The van der Waals surface area contributed by atoms with E-state index in [1.54, 1.807) is 0 Å². The Morgan fingerprint density at radius 3 is 2.62 bits per heavy atom. The summed E-state index contributed by atoms with van der Waals surface area (Å²) in [6.45, 7) is 2.18. The maximum atomic E-state index is 12.8. The quantitative estimate of drug-likeness (QED) is 0.555. The summed E-state index contributed by atoms with van der Waals surface area (Å²) in [6.07, 6.45) is 4.56. The molecule has 1 aliphatic rings. The molecule has 3 rings (SSSR count). The number of carbonyl (C=O) groups is 2. The summed E-state index contributed by atoms with van der Waals surface area (Å²) in [5, 5.41) is 9.64. The van der Waals surface area contributed by atoms with Gasteiger partial charge in [-0.25, -0.2) is 8.42 Å². The number of benzene rings is 1. The van der Waals surface area contributed by atoms with Gasteiger partial charge in [0.15, 0.2) is 0 Å². The molecule has 2 aromatic rings. The van der Waals surface area contributed by atoms with E-state index >= 15 is 0 Å². The van der Waals surface area contributed by atoms with E-state index in [4.69, 9.17) is 11.6 Å². The van der Waals surface area contributed by atoms with Crippen LogP contribution in [0.15, 0.2) is 35.5 Å². The summed E-state index contributed by atoms with van der Waals surface area (Å²) in [6, 6.07) is 4.09. The lowest BCUT2D eigenvalue weighted by atomic mass is 10.2. The van der Waals surface area contributed by atoms with Gasteiger partial charge in [0.1, 0.15) is 6.54 Å². The molecule has 0 spiro atoms. The molecular weight excluding hydrogens is 456 g/mol. The third-order valence-corrected chi connectivity index (χ3v) is 7.19. The molecule has 1 fully saturated rings. The van der Waals surface area contributed by atoms with Gasteiger partial charge in [-0.05, 0) is 45.1 Å². The van der Waals surface area contributed by atoms with Crippen molar-refractivity contribution in [3.63, 3.8) is 0 Å².